The van der Waals surface area contributed by atoms with Crippen LogP contribution in [0.5, 0.6) is 0 Å². The maximum absolute atomic E-state index is 5.66. The average molecular weight is 179 g/mol. The normalized spacial score (nSPS) is 22.2. The molecule has 0 saturated carbocycles. The zero-order chi connectivity index (χ0) is 9.42. The molecule has 0 amide bonds. The van der Waals surface area contributed by atoms with Gasteiger partial charge in [0.25, 0.3) is 0 Å². The fourth-order valence-corrected chi connectivity index (χ4v) is 1.51. The molecule has 0 bridgehead atoms. The standard InChI is InChI=1S/C8H13N5/c1-12-5-6(3-11-12)7-4-10-8(9)13(7)2/h3,5,7H,4H2,1-2H3,(H2,9,10). The Labute approximate surface area is 76.9 Å². The summed E-state index contributed by atoms with van der Waals surface area (Å²) in [6, 6.07) is 0.258. The molecule has 0 aliphatic carbocycles. The number of nitrogens with two attached hydrogens (primary N) is 1. The predicted molar refractivity (Wildman–Crippen MR) is 50.2 cm³/mol. The first-order valence-electron chi connectivity index (χ1n) is 4.20. The molecule has 0 aromatic carbocycles. The molecular weight excluding hydrogens is 166 g/mol. The Kier molecular flexibility index (Phi) is 1.72. The third-order valence-electron chi connectivity index (χ3n) is 2.36. The summed E-state index contributed by atoms with van der Waals surface area (Å²) in [5.74, 6) is 0.605. The summed E-state index contributed by atoms with van der Waals surface area (Å²) in [5, 5.41) is 4.12. The van der Waals surface area contributed by atoms with Crippen molar-refractivity contribution in [3.05, 3.63) is 18.0 Å². The molecule has 1 aromatic heterocycles. The van der Waals surface area contributed by atoms with E-state index in [2.05, 4.69) is 10.1 Å². The summed E-state index contributed by atoms with van der Waals surface area (Å²) in [6.07, 6.45) is 3.85. The van der Waals surface area contributed by atoms with Crippen LogP contribution in [0.3, 0.4) is 0 Å². The summed E-state index contributed by atoms with van der Waals surface area (Å²) in [4.78, 5) is 6.14. The van der Waals surface area contributed by atoms with Gasteiger partial charge in [0.1, 0.15) is 0 Å². The van der Waals surface area contributed by atoms with Crippen LogP contribution in [0.25, 0.3) is 0 Å². The lowest BCUT2D eigenvalue weighted by molar-refractivity contribution is 0.414. The van der Waals surface area contributed by atoms with Gasteiger partial charge in [-0.3, -0.25) is 9.67 Å². The van der Waals surface area contributed by atoms with Gasteiger partial charge in [-0.05, 0) is 0 Å². The molecule has 2 heterocycles. The number of nitrogens with zero attached hydrogens (tertiary/aromatic N) is 4. The van der Waals surface area contributed by atoms with E-state index in [1.165, 1.54) is 0 Å². The quantitative estimate of drug-likeness (QED) is 0.645. The Bertz CT molecular complexity index is 340. The van der Waals surface area contributed by atoms with E-state index < -0.39 is 0 Å². The van der Waals surface area contributed by atoms with E-state index in [1.807, 2.05) is 31.4 Å². The van der Waals surface area contributed by atoms with Crippen molar-refractivity contribution in [3.63, 3.8) is 0 Å². The Morgan fingerprint density at radius 2 is 2.31 bits per heavy atom. The Morgan fingerprint density at radius 1 is 1.54 bits per heavy atom. The first-order valence-corrected chi connectivity index (χ1v) is 4.20. The maximum atomic E-state index is 5.66. The Balaban J connectivity index is 2.21. The van der Waals surface area contributed by atoms with Crippen LogP contribution in [0.4, 0.5) is 0 Å². The highest BCUT2D eigenvalue weighted by Gasteiger charge is 2.24. The van der Waals surface area contributed by atoms with Crippen LogP contribution in [-0.2, 0) is 7.05 Å². The number of aliphatic imine (C=N–C) groups is 1. The minimum absolute atomic E-state index is 0.258. The van der Waals surface area contributed by atoms with Gasteiger partial charge < -0.3 is 10.6 Å². The molecule has 5 nitrogen and oxygen atoms in total. The minimum atomic E-state index is 0.258. The zero-order valence-corrected chi connectivity index (χ0v) is 7.81. The van der Waals surface area contributed by atoms with Gasteiger partial charge >= 0.3 is 0 Å². The highest BCUT2D eigenvalue weighted by atomic mass is 15.3. The van der Waals surface area contributed by atoms with Gasteiger partial charge in [0, 0.05) is 25.9 Å². The summed E-state index contributed by atoms with van der Waals surface area (Å²) < 4.78 is 1.79. The smallest absolute Gasteiger partial charge is 0.191 e. The third-order valence-corrected chi connectivity index (χ3v) is 2.36. The molecule has 1 aliphatic rings. The van der Waals surface area contributed by atoms with E-state index in [0.717, 1.165) is 12.1 Å². The van der Waals surface area contributed by atoms with Crippen molar-refractivity contribution in [1.29, 1.82) is 0 Å². The molecule has 1 aromatic rings. The van der Waals surface area contributed by atoms with Crippen molar-refractivity contribution < 1.29 is 0 Å². The van der Waals surface area contributed by atoms with Crippen LogP contribution in [0.15, 0.2) is 17.4 Å². The topological polar surface area (TPSA) is 59.4 Å². The van der Waals surface area contributed by atoms with E-state index in [0.29, 0.717) is 5.96 Å². The molecule has 5 heteroatoms. The monoisotopic (exact) mass is 179 g/mol. The van der Waals surface area contributed by atoms with Crippen LogP contribution >= 0.6 is 0 Å². The first kappa shape index (κ1) is 8.10. The highest BCUT2D eigenvalue weighted by molar-refractivity contribution is 5.80. The van der Waals surface area contributed by atoms with Crippen molar-refractivity contribution >= 4 is 5.96 Å². The van der Waals surface area contributed by atoms with Gasteiger partial charge in [-0.15, -0.1) is 0 Å². The number of hydrogen-bond acceptors (Lipinski definition) is 4. The summed E-state index contributed by atoms with van der Waals surface area (Å²) in [6.45, 7) is 0.730. The largest absolute Gasteiger partial charge is 0.370 e. The number of rotatable bonds is 1. The van der Waals surface area contributed by atoms with E-state index >= 15 is 0 Å². The second-order valence-corrected chi connectivity index (χ2v) is 3.27. The van der Waals surface area contributed by atoms with Gasteiger partial charge in [0.05, 0.1) is 18.8 Å². The lowest BCUT2D eigenvalue weighted by Gasteiger charge is -2.19. The fraction of sp³-hybridized carbons (Fsp3) is 0.500. The predicted octanol–water partition coefficient (Wildman–Crippen LogP) is -0.279. The van der Waals surface area contributed by atoms with Crippen molar-refractivity contribution in [2.24, 2.45) is 17.8 Å². The van der Waals surface area contributed by atoms with Crippen LogP contribution in [-0.4, -0.2) is 34.2 Å². The van der Waals surface area contributed by atoms with Gasteiger partial charge in [0.15, 0.2) is 5.96 Å². The van der Waals surface area contributed by atoms with Crippen LogP contribution in [0, 0.1) is 0 Å². The molecular formula is C8H13N5. The van der Waals surface area contributed by atoms with E-state index in [-0.39, 0.29) is 6.04 Å². The molecule has 1 atom stereocenters. The maximum Gasteiger partial charge on any atom is 0.191 e. The molecule has 2 N–H and O–H groups in total. The van der Waals surface area contributed by atoms with Crippen molar-refractivity contribution in [1.82, 2.24) is 14.7 Å². The third kappa shape index (κ3) is 1.26. The lowest BCUT2D eigenvalue weighted by atomic mass is 10.1. The van der Waals surface area contributed by atoms with Crippen molar-refractivity contribution in [2.45, 2.75) is 6.04 Å². The molecule has 0 radical (unpaired) electrons. The minimum Gasteiger partial charge on any atom is -0.370 e. The SMILES string of the molecule is CN1C(N)=NCC1c1cnn(C)c1. The fourth-order valence-electron chi connectivity index (χ4n) is 1.51. The number of guanidine groups is 1. The van der Waals surface area contributed by atoms with Crippen molar-refractivity contribution in [3.8, 4) is 0 Å². The van der Waals surface area contributed by atoms with Gasteiger partial charge in [-0.2, -0.15) is 5.10 Å². The molecule has 0 spiro atoms. The molecule has 2 rings (SSSR count). The first-order chi connectivity index (χ1) is 6.18. The van der Waals surface area contributed by atoms with Crippen LogP contribution in [0.1, 0.15) is 11.6 Å². The molecule has 1 aliphatic heterocycles. The summed E-state index contributed by atoms with van der Waals surface area (Å²) >= 11 is 0. The molecule has 1 unspecified atom stereocenters. The van der Waals surface area contributed by atoms with Gasteiger partial charge in [-0.1, -0.05) is 0 Å². The number of likely N-dealkylation sites (N-methyl/N-ethyl adjacent to an activating group) is 1. The van der Waals surface area contributed by atoms with E-state index in [9.17, 15) is 0 Å². The molecule has 70 valence electrons. The second kappa shape index (κ2) is 2.76. The molecule has 0 fully saturated rings. The van der Waals surface area contributed by atoms with Gasteiger partial charge in [0.2, 0.25) is 0 Å². The molecule has 13 heavy (non-hydrogen) atoms. The Morgan fingerprint density at radius 3 is 2.77 bits per heavy atom. The van der Waals surface area contributed by atoms with Crippen LogP contribution in [0.2, 0.25) is 0 Å². The Hall–Kier alpha value is -1.52. The van der Waals surface area contributed by atoms with E-state index in [4.69, 9.17) is 5.73 Å². The van der Waals surface area contributed by atoms with Crippen molar-refractivity contribution in [2.75, 3.05) is 13.6 Å². The number of aryl methyl sites for hydroxylation is 1. The zero-order valence-electron chi connectivity index (χ0n) is 7.81. The van der Waals surface area contributed by atoms with Gasteiger partial charge in [-0.25, -0.2) is 0 Å². The number of hydrogen-bond donors (Lipinski definition) is 1. The summed E-state index contributed by atoms with van der Waals surface area (Å²) in [7, 11) is 3.85. The second-order valence-electron chi connectivity index (χ2n) is 3.27. The summed E-state index contributed by atoms with van der Waals surface area (Å²) in [5.41, 5.74) is 6.82. The average Bonchev–Trinajstić information content (AvgIpc) is 2.62. The number of aromatic nitrogens is 2. The lowest BCUT2D eigenvalue weighted by Crippen LogP contribution is -2.32. The van der Waals surface area contributed by atoms with E-state index in [1.54, 1.807) is 4.68 Å². The van der Waals surface area contributed by atoms with Crippen LogP contribution < -0.4 is 5.73 Å². The molecule has 0 saturated heterocycles. The highest BCUT2D eigenvalue weighted by Crippen LogP contribution is 2.22.